The van der Waals surface area contributed by atoms with Crippen molar-refractivity contribution in [3.8, 4) is 0 Å². The zero-order valence-electron chi connectivity index (χ0n) is 39.8. The van der Waals surface area contributed by atoms with Crippen molar-refractivity contribution in [3.63, 3.8) is 0 Å². The van der Waals surface area contributed by atoms with Crippen LogP contribution in [0.5, 0.6) is 0 Å². The van der Waals surface area contributed by atoms with Crippen LogP contribution in [0, 0.1) is 41.8 Å². The smallest absolute Gasteiger partial charge is 0.166 e. The topological polar surface area (TPSA) is 0 Å². The van der Waals surface area contributed by atoms with Crippen molar-refractivity contribution in [2.45, 2.75) is 128 Å². The number of unbranched alkanes of at least 4 members (excludes halogenated alkanes) is 2. The summed E-state index contributed by atoms with van der Waals surface area (Å²) in [6.45, 7) is 6.46. The first-order chi connectivity index (χ1) is 33.0. The molecule has 6 aromatic rings. The first kappa shape index (κ1) is 50.0. The maximum atomic E-state index is 14.0. The van der Waals surface area contributed by atoms with Crippen LogP contribution in [0.15, 0.2) is 146 Å². The fourth-order valence-electron chi connectivity index (χ4n) is 9.80. The lowest BCUT2D eigenvalue weighted by atomic mass is 9.82. The molecule has 0 aliphatic heterocycles. The van der Waals surface area contributed by atoms with Crippen LogP contribution in [0.3, 0.4) is 0 Å². The summed E-state index contributed by atoms with van der Waals surface area (Å²) in [5.74, 6) is -3.04. The Hall–Kier alpha value is -5.88. The molecule has 0 amide bonds. The highest BCUT2D eigenvalue weighted by Crippen LogP contribution is 2.40. The van der Waals surface area contributed by atoms with Gasteiger partial charge in [-0.05, 0) is 164 Å². The molecular formula is C62H64F6. The summed E-state index contributed by atoms with van der Waals surface area (Å²) in [6, 6.07) is 39.6. The monoisotopic (exact) mass is 922 g/mol. The molecule has 3 aliphatic carbocycles. The second-order valence-electron chi connectivity index (χ2n) is 18.6. The van der Waals surface area contributed by atoms with Gasteiger partial charge in [-0.25, -0.2) is 26.3 Å². The third-order valence-corrected chi connectivity index (χ3v) is 14.1. The van der Waals surface area contributed by atoms with Gasteiger partial charge in [-0.15, -0.1) is 0 Å². The number of hydrogen-bond acceptors (Lipinski definition) is 0. The molecule has 0 nitrogen and oxygen atoms in total. The maximum Gasteiger partial charge on any atom is 0.166 e. The van der Waals surface area contributed by atoms with E-state index in [1.54, 1.807) is 36.4 Å². The highest BCUT2D eigenvalue weighted by Gasteiger charge is 2.23. The van der Waals surface area contributed by atoms with E-state index in [2.05, 4.69) is 112 Å². The van der Waals surface area contributed by atoms with Gasteiger partial charge in [0.25, 0.3) is 0 Å². The van der Waals surface area contributed by atoms with Crippen molar-refractivity contribution in [2.75, 3.05) is 0 Å². The molecule has 9 rings (SSSR count). The normalized spacial score (nSPS) is 18.0. The van der Waals surface area contributed by atoms with Crippen LogP contribution in [-0.2, 0) is 12.8 Å². The Morgan fingerprint density at radius 3 is 1.09 bits per heavy atom. The van der Waals surface area contributed by atoms with Crippen molar-refractivity contribution in [3.05, 3.63) is 231 Å². The van der Waals surface area contributed by atoms with Gasteiger partial charge in [0.05, 0.1) is 0 Å². The van der Waals surface area contributed by atoms with Gasteiger partial charge in [-0.3, -0.25) is 0 Å². The predicted molar refractivity (Wildman–Crippen MR) is 269 cm³/mol. The lowest BCUT2D eigenvalue weighted by molar-refractivity contribution is 0.505. The van der Waals surface area contributed by atoms with E-state index in [9.17, 15) is 26.3 Å². The van der Waals surface area contributed by atoms with Gasteiger partial charge in [0.15, 0.2) is 34.9 Å². The molecule has 354 valence electrons. The van der Waals surface area contributed by atoms with Crippen LogP contribution in [0.1, 0.15) is 159 Å². The molecule has 0 saturated heterocycles. The summed E-state index contributed by atoms with van der Waals surface area (Å²) in [7, 11) is 0. The number of hydrogen-bond donors (Lipinski definition) is 0. The third-order valence-electron chi connectivity index (χ3n) is 14.1. The van der Waals surface area contributed by atoms with E-state index in [1.807, 2.05) is 0 Å². The molecule has 3 aliphatic rings. The van der Waals surface area contributed by atoms with E-state index in [0.717, 1.165) is 93.4 Å². The van der Waals surface area contributed by atoms with E-state index >= 15 is 0 Å². The van der Waals surface area contributed by atoms with Crippen LogP contribution in [0.2, 0.25) is 0 Å². The van der Waals surface area contributed by atoms with E-state index in [-0.39, 0.29) is 0 Å². The zero-order chi connectivity index (χ0) is 48.0. The molecule has 6 heteroatoms. The van der Waals surface area contributed by atoms with Crippen LogP contribution in [0.25, 0.3) is 16.7 Å². The molecule has 0 bridgehead atoms. The number of aryl methyl sites for hydroxylation is 3. The number of rotatable bonds is 11. The molecule has 0 saturated carbocycles. The average Bonchev–Trinajstić information content (AvgIpc) is 3.38. The molecule has 0 aromatic heterocycles. The molecule has 68 heavy (non-hydrogen) atoms. The standard InChI is InChI=1S/C23H26F2.C20H20F2.C19H18F2/c1-2-3-4-6-17-9-11-18(12-10-17)19-13-15-20(16-14-19)21-7-5-8-22(24)23(21)25;1-2-14-6-8-15(9-7-14)16-10-12-17(13-11-16)18-4-3-5-19(21)20(18)22;1-13-5-7-14(8-6-13)15-9-11-16(12-10-15)17-3-2-4-18(20)19(17)21/h5,7-12,15,19H,2-4,6,13-14,16H2,1H3;3-9,12,16H,2,10-11,13H2,1H3;2-8,11,15H,9-10,12H2,1H3. The summed E-state index contributed by atoms with van der Waals surface area (Å²) in [4.78, 5) is 0. The molecule has 0 spiro atoms. The number of allylic oxidation sites excluding steroid dienone is 6. The fraction of sp³-hybridized carbons (Fsp3) is 0.323. The van der Waals surface area contributed by atoms with Crippen LogP contribution in [-0.4, -0.2) is 0 Å². The first-order valence-electron chi connectivity index (χ1n) is 24.7. The van der Waals surface area contributed by atoms with Gasteiger partial charge in [0, 0.05) is 16.7 Å². The maximum absolute atomic E-state index is 14.0. The van der Waals surface area contributed by atoms with E-state index in [1.165, 1.54) is 64.8 Å². The summed E-state index contributed by atoms with van der Waals surface area (Å²) in [6.07, 6.45) is 20.2. The van der Waals surface area contributed by atoms with Crippen molar-refractivity contribution >= 4 is 16.7 Å². The van der Waals surface area contributed by atoms with Gasteiger partial charge < -0.3 is 0 Å². The van der Waals surface area contributed by atoms with E-state index in [0.29, 0.717) is 34.4 Å². The third kappa shape index (κ3) is 13.0. The zero-order valence-corrected chi connectivity index (χ0v) is 39.8. The average molecular weight is 923 g/mol. The molecule has 6 aromatic carbocycles. The minimum atomic E-state index is -0.769. The second kappa shape index (κ2) is 24.4. The van der Waals surface area contributed by atoms with Gasteiger partial charge in [-0.1, -0.05) is 160 Å². The largest absolute Gasteiger partial charge is 0.204 e. The Bertz CT molecular complexity index is 2670. The van der Waals surface area contributed by atoms with Gasteiger partial charge in [0.1, 0.15) is 0 Å². The SMILES string of the molecule is CCCCCc1ccc(C2CC=C(c3cccc(F)c3F)CC2)cc1.CCc1ccc(C2CC=C(c3cccc(F)c3F)CC2)cc1.Cc1ccc(C2CC=C(c3cccc(F)c3F)CC2)cc1. The Morgan fingerprint density at radius 2 is 0.765 bits per heavy atom. The molecule has 3 unspecified atom stereocenters. The highest BCUT2D eigenvalue weighted by atomic mass is 19.2. The van der Waals surface area contributed by atoms with Crippen molar-refractivity contribution < 1.29 is 26.3 Å². The first-order valence-corrected chi connectivity index (χ1v) is 24.7. The lowest BCUT2D eigenvalue weighted by Gasteiger charge is -2.23. The Kier molecular flexibility index (Phi) is 18.0. The molecular weight excluding hydrogens is 859 g/mol. The summed E-state index contributed by atoms with van der Waals surface area (Å²) in [5.41, 5.74) is 12.1. The minimum Gasteiger partial charge on any atom is -0.204 e. The summed E-state index contributed by atoms with van der Waals surface area (Å²) < 4.78 is 81.7. The van der Waals surface area contributed by atoms with Gasteiger partial charge in [0.2, 0.25) is 0 Å². The van der Waals surface area contributed by atoms with E-state index < -0.39 is 34.9 Å². The van der Waals surface area contributed by atoms with Crippen LogP contribution < -0.4 is 0 Å². The fourth-order valence-corrected chi connectivity index (χ4v) is 9.80. The number of benzene rings is 6. The molecule has 0 radical (unpaired) electrons. The Balaban J connectivity index is 0.000000152. The molecule has 0 heterocycles. The minimum absolute atomic E-state index is 0.414. The van der Waals surface area contributed by atoms with Crippen LogP contribution >= 0.6 is 0 Å². The Morgan fingerprint density at radius 1 is 0.412 bits per heavy atom. The van der Waals surface area contributed by atoms with Crippen molar-refractivity contribution in [2.24, 2.45) is 0 Å². The van der Waals surface area contributed by atoms with Crippen LogP contribution in [0.4, 0.5) is 26.3 Å². The predicted octanol–water partition coefficient (Wildman–Crippen LogP) is 18.6. The molecule has 0 fully saturated rings. The van der Waals surface area contributed by atoms with Gasteiger partial charge >= 0.3 is 0 Å². The highest BCUT2D eigenvalue weighted by molar-refractivity contribution is 5.69. The van der Waals surface area contributed by atoms with Crippen molar-refractivity contribution in [1.82, 2.24) is 0 Å². The second-order valence-corrected chi connectivity index (χ2v) is 18.6. The van der Waals surface area contributed by atoms with Gasteiger partial charge in [-0.2, -0.15) is 0 Å². The van der Waals surface area contributed by atoms with Crippen molar-refractivity contribution in [1.29, 1.82) is 0 Å². The lowest BCUT2D eigenvalue weighted by Crippen LogP contribution is -2.05. The summed E-state index contributed by atoms with van der Waals surface area (Å²) >= 11 is 0. The Labute approximate surface area is 400 Å². The number of halogens is 6. The van der Waals surface area contributed by atoms with E-state index in [4.69, 9.17) is 0 Å². The quantitative estimate of drug-likeness (QED) is 0.0897. The molecule has 3 atom stereocenters. The molecule has 0 N–H and O–H groups in total. The summed E-state index contributed by atoms with van der Waals surface area (Å²) in [5, 5.41) is 0.